The molecule has 0 saturated carbocycles. The number of fused-ring (bicyclic) bond motifs is 1. The van der Waals surface area contributed by atoms with Crippen LogP contribution in [0.25, 0.3) is 11.0 Å². The first-order valence-corrected chi connectivity index (χ1v) is 6.22. The molecule has 3 rings (SSSR count). The number of hydrogen-bond donors (Lipinski definition) is 0. The van der Waals surface area contributed by atoms with Crippen LogP contribution in [-0.4, -0.2) is 31.9 Å². The van der Waals surface area contributed by atoms with Crippen LogP contribution in [0.3, 0.4) is 0 Å². The van der Waals surface area contributed by atoms with Crippen LogP contribution in [0.5, 0.6) is 5.75 Å². The third kappa shape index (κ3) is 2.56. The van der Waals surface area contributed by atoms with Crippen molar-refractivity contribution < 1.29 is 23.4 Å². The summed E-state index contributed by atoms with van der Waals surface area (Å²) in [6.07, 6.45) is 0.187. The zero-order chi connectivity index (χ0) is 13.2. The first-order chi connectivity index (χ1) is 9.28. The van der Waals surface area contributed by atoms with Crippen molar-refractivity contribution in [3.63, 3.8) is 0 Å². The quantitative estimate of drug-likeness (QED) is 0.611. The van der Waals surface area contributed by atoms with Crippen molar-refractivity contribution in [3.8, 4) is 5.75 Å². The molecule has 0 radical (unpaired) electrons. The van der Waals surface area contributed by atoms with E-state index in [4.69, 9.17) is 18.6 Å². The summed E-state index contributed by atoms with van der Waals surface area (Å²) in [5.41, 5.74) is 0.609. The standard InChI is InChI=1S/C14H14O5/c1-2-16-14(15)13-6-10-11(18-8-9-7-17-9)4-3-5-12(10)19-13/h3-6,9H,2,7-8H2,1H3/t9-/m0/s1. The van der Waals surface area contributed by atoms with Crippen LogP contribution in [0.4, 0.5) is 0 Å². The Morgan fingerprint density at radius 1 is 1.47 bits per heavy atom. The lowest BCUT2D eigenvalue weighted by molar-refractivity contribution is 0.0492. The van der Waals surface area contributed by atoms with Gasteiger partial charge in [0.15, 0.2) is 0 Å². The number of carbonyl (C=O) groups is 1. The Balaban J connectivity index is 1.87. The minimum absolute atomic E-state index is 0.187. The Morgan fingerprint density at radius 3 is 3.05 bits per heavy atom. The van der Waals surface area contributed by atoms with Gasteiger partial charge in [-0.15, -0.1) is 0 Å². The molecule has 1 aliphatic heterocycles. The van der Waals surface area contributed by atoms with E-state index in [1.807, 2.05) is 12.1 Å². The fraction of sp³-hybridized carbons (Fsp3) is 0.357. The van der Waals surface area contributed by atoms with Gasteiger partial charge < -0.3 is 18.6 Å². The number of benzene rings is 1. The summed E-state index contributed by atoms with van der Waals surface area (Å²) >= 11 is 0. The van der Waals surface area contributed by atoms with Crippen LogP contribution in [0.2, 0.25) is 0 Å². The number of epoxide rings is 1. The highest BCUT2D eigenvalue weighted by Gasteiger charge is 2.24. The Morgan fingerprint density at radius 2 is 2.32 bits per heavy atom. The van der Waals surface area contributed by atoms with Gasteiger partial charge in [0, 0.05) is 6.07 Å². The summed E-state index contributed by atoms with van der Waals surface area (Å²) in [7, 11) is 0. The second kappa shape index (κ2) is 4.93. The molecule has 1 aromatic heterocycles. The number of ether oxygens (including phenoxy) is 3. The highest BCUT2D eigenvalue weighted by Crippen LogP contribution is 2.29. The molecule has 1 saturated heterocycles. The van der Waals surface area contributed by atoms with E-state index in [0.717, 1.165) is 12.0 Å². The summed E-state index contributed by atoms with van der Waals surface area (Å²) in [5, 5.41) is 0.770. The number of furan rings is 1. The lowest BCUT2D eigenvalue weighted by Gasteiger charge is -2.04. The van der Waals surface area contributed by atoms with Gasteiger partial charge in [-0.2, -0.15) is 0 Å². The molecule has 5 heteroatoms. The van der Waals surface area contributed by atoms with Crippen molar-refractivity contribution in [3.05, 3.63) is 30.0 Å². The highest BCUT2D eigenvalue weighted by molar-refractivity contribution is 5.94. The zero-order valence-corrected chi connectivity index (χ0v) is 10.5. The normalized spacial score (nSPS) is 17.4. The lowest BCUT2D eigenvalue weighted by atomic mass is 10.2. The van der Waals surface area contributed by atoms with Crippen molar-refractivity contribution in [2.45, 2.75) is 13.0 Å². The topological polar surface area (TPSA) is 61.2 Å². The molecule has 0 bridgehead atoms. The van der Waals surface area contributed by atoms with Crippen LogP contribution in [0, 0.1) is 0 Å². The predicted octanol–water partition coefficient (Wildman–Crippen LogP) is 2.39. The fourth-order valence-corrected chi connectivity index (χ4v) is 1.81. The Hall–Kier alpha value is -2.01. The molecule has 100 valence electrons. The first-order valence-electron chi connectivity index (χ1n) is 6.22. The molecule has 2 aromatic rings. The molecule has 1 aromatic carbocycles. The van der Waals surface area contributed by atoms with E-state index in [2.05, 4.69) is 0 Å². The van der Waals surface area contributed by atoms with Crippen LogP contribution >= 0.6 is 0 Å². The third-order valence-corrected chi connectivity index (χ3v) is 2.83. The molecule has 1 aliphatic rings. The monoisotopic (exact) mass is 262 g/mol. The molecule has 5 nitrogen and oxygen atoms in total. The zero-order valence-electron chi connectivity index (χ0n) is 10.5. The van der Waals surface area contributed by atoms with E-state index < -0.39 is 5.97 Å². The largest absolute Gasteiger partial charge is 0.490 e. The van der Waals surface area contributed by atoms with Crippen LogP contribution in [0.15, 0.2) is 28.7 Å². The summed E-state index contributed by atoms with van der Waals surface area (Å²) in [6.45, 7) is 3.33. The minimum atomic E-state index is -0.463. The van der Waals surface area contributed by atoms with Gasteiger partial charge in [0.05, 0.1) is 18.6 Å². The molecule has 0 amide bonds. The van der Waals surface area contributed by atoms with Crippen molar-refractivity contribution in [1.82, 2.24) is 0 Å². The van der Waals surface area contributed by atoms with E-state index in [-0.39, 0.29) is 11.9 Å². The van der Waals surface area contributed by atoms with Crippen molar-refractivity contribution in [2.24, 2.45) is 0 Å². The number of rotatable bonds is 5. The molecule has 19 heavy (non-hydrogen) atoms. The molecule has 1 atom stereocenters. The average molecular weight is 262 g/mol. The van der Waals surface area contributed by atoms with Gasteiger partial charge in [0.2, 0.25) is 5.76 Å². The lowest BCUT2D eigenvalue weighted by Crippen LogP contribution is -2.04. The van der Waals surface area contributed by atoms with Crippen molar-refractivity contribution >= 4 is 16.9 Å². The van der Waals surface area contributed by atoms with E-state index >= 15 is 0 Å². The SMILES string of the molecule is CCOC(=O)c1cc2c(OC[C@@H]3CO3)cccc2o1. The molecular formula is C14H14O5. The van der Waals surface area contributed by atoms with Gasteiger partial charge in [-0.25, -0.2) is 4.79 Å². The third-order valence-electron chi connectivity index (χ3n) is 2.83. The van der Waals surface area contributed by atoms with Crippen LogP contribution in [-0.2, 0) is 9.47 Å². The Labute approximate surface area is 110 Å². The van der Waals surface area contributed by atoms with Gasteiger partial charge in [0.25, 0.3) is 0 Å². The van der Waals surface area contributed by atoms with Crippen molar-refractivity contribution in [1.29, 1.82) is 0 Å². The molecule has 0 N–H and O–H groups in total. The minimum Gasteiger partial charge on any atom is -0.490 e. The van der Waals surface area contributed by atoms with Gasteiger partial charge in [0.1, 0.15) is 24.0 Å². The van der Waals surface area contributed by atoms with Gasteiger partial charge >= 0.3 is 5.97 Å². The molecule has 1 fully saturated rings. The van der Waals surface area contributed by atoms with Crippen LogP contribution < -0.4 is 4.74 Å². The van der Waals surface area contributed by atoms with E-state index in [9.17, 15) is 4.79 Å². The van der Waals surface area contributed by atoms with E-state index in [1.165, 1.54) is 0 Å². The van der Waals surface area contributed by atoms with Crippen molar-refractivity contribution in [2.75, 3.05) is 19.8 Å². The summed E-state index contributed by atoms with van der Waals surface area (Å²) in [4.78, 5) is 11.6. The van der Waals surface area contributed by atoms with Gasteiger partial charge in [-0.3, -0.25) is 0 Å². The number of hydrogen-bond acceptors (Lipinski definition) is 5. The first kappa shape index (κ1) is 12.0. The highest BCUT2D eigenvalue weighted by atomic mass is 16.6. The maximum absolute atomic E-state index is 11.6. The number of esters is 1. The maximum atomic E-state index is 11.6. The molecule has 2 heterocycles. The predicted molar refractivity (Wildman–Crippen MR) is 67.4 cm³/mol. The second-order valence-electron chi connectivity index (χ2n) is 4.27. The van der Waals surface area contributed by atoms with Crippen LogP contribution in [0.1, 0.15) is 17.5 Å². The summed E-state index contributed by atoms with van der Waals surface area (Å²) in [5.74, 6) is 0.415. The molecule has 0 aliphatic carbocycles. The fourth-order valence-electron chi connectivity index (χ4n) is 1.81. The van der Waals surface area contributed by atoms with Gasteiger partial charge in [-0.1, -0.05) is 6.07 Å². The summed E-state index contributed by atoms with van der Waals surface area (Å²) in [6, 6.07) is 7.11. The van der Waals surface area contributed by atoms with E-state index in [1.54, 1.807) is 19.1 Å². The van der Waals surface area contributed by atoms with Gasteiger partial charge in [-0.05, 0) is 19.1 Å². The Bertz CT molecular complexity index is 597. The second-order valence-corrected chi connectivity index (χ2v) is 4.27. The summed E-state index contributed by atoms with van der Waals surface area (Å²) < 4.78 is 21.1. The Kier molecular flexibility index (Phi) is 3.13. The number of carbonyl (C=O) groups excluding carboxylic acids is 1. The molecule has 0 unspecified atom stereocenters. The molecule has 0 spiro atoms. The smallest absolute Gasteiger partial charge is 0.374 e. The molecular weight excluding hydrogens is 248 g/mol. The average Bonchev–Trinajstić information content (AvgIpc) is 3.13. The van der Waals surface area contributed by atoms with E-state index in [0.29, 0.717) is 24.5 Å². The maximum Gasteiger partial charge on any atom is 0.374 e.